The van der Waals surface area contributed by atoms with Gasteiger partial charge < -0.3 is 40.3 Å². The molecular weight excluding hydrogens is 302 g/mol. The number of aliphatic hydroxyl groups excluding tert-OH is 4. The summed E-state index contributed by atoms with van der Waals surface area (Å²) in [5, 5.41) is 50.1. The molecule has 0 spiro atoms. The summed E-state index contributed by atoms with van der Waals surface area (Å²) in [6, 6.07) is -1.18. The minimum Gasteiger partial charge on any atom is -0.477 e. The lowest BCUT2D eigenvalue weighted by atomic mass is 9.88. The van der Waals surface area contributed by atoms with Crippen molar-refractivity contribution in [3.8, 4) is 0 Å². The maximum atomic E-state index is 11.3. The molecular formula is C12H21NO9. The molecule has 1 aliphatic rings. The van der Waals surface area contributed by atoms with Gasteiger partial charge in [0.05, 0.1) is 18.8 Å². The Hall–Kier alpha value is -1.30. The van der Waals surface area contributed by atoms with Crippen LogP contribution in [-0.4, -0.2) is 87.4 Å². The van der Waals surface area contributed by atoms with Crippen LogP contribution < -0.4 is 5.32 Å². The Morgan fingerprint density at radius 2 is 2.05 bits per heavy atom. The SMILES string of the molecule is CO[C@@]1(C(=O)O)C[C@H](O)[C@H](NC(C)=O)[C@H]([C@@H](O)[C@H](O)CO)O1. The molecule has 6 atom stereocenters. The summed E-state index contributed by atoms with van der Waals surface area (Å²) >= 11 is 0. The lowest BCUT2D eigenvalue weighted by molar-refractivity contribution is -0.303. The van der Waals surface area contributed by atoms with Crippen LogP contribution in [0.1, 0.15) is 13.3 Å². The number of amides is 1. The molecule has 0 unspecified atom stereocenters. The minimum atomic E-state index is -2.24. The third kappa shape index (κ3) is 3.72. The fourth-order valence-corrected chi connectivity index (χ4v) is 2.34. The number of carbonyl (C=O) groups is 2. The van der Waals surface area contributed by atoms with Crippen LogP contribution in [-0.2, 0) is 19.1 Å². The molecule has 0 radical (unpaired) electrons. The zero-order valence-electron chi connectivity index (χ0n) is 12.2. The van der Waals surface area contributed by atoms with Crippen molar-refractivity contribution in [2.75, 3.05) is 13.7 Å². The molecule has 6 N–H and O–H groups in total. The summed E-state index contributed by atoms with van der Waals surface area (Å²) < 4.78 is 10.0. The van der Waals surface area contributed by atoms with Crippen LogP contribution in [0.25, 0.3) is 0 Å². The second kappa shape index (κ2) is 7.31. The molecule has 1 heterocycles. The Kier molecular flexibility index (Phi) is 6.23. The van der Waals surface area contributed by atoms with E-state index in [1.807, 2.05) is 0 Å². The van der Waals surface area contributed by atoms with Crippen LogP contribution in [0, 0.1) is 0 Å². The Bertz CT molecular complexity index is 417. The smallest absolute Gasteiger partial charge is 0.364 e. The Morgan fingerprint density at radius 3 is 2.45 bits per heavy atom. The van der Waals surface area contributed by atoms with E-state index in [0.29, 0.717) is 0 Å². The number of nitrogens with one attached hydrogen (secondary N) is 1. The number of hydrogen-bond acceptors (Lipinski definition) is 8. The van der Waals surface area contributed by atoms with E-state index in [-0.39, 0.29) is 0 Å². The highest BCUT2D eigenvalue weighted by atomic mass is 16.7. The van der Waals surface area contributed by atoms with E-state index in [0.717, 1.165) is 14.0 Å². The number of ether oxygens (including phenoxy) is 2. The van der Waals surface area contributed by atoms with Gasteiger partial charge in [-0.15, -0.1) is 0 Å². The highest BCUT2D eigenvalue weighted by molar-refractivity contribution is 5.76. The van der Waals surface area contributed by atoms with Crippen molar-refractivity contribution in [1.29, 1.82) is 0 Å². The van der Waals surface area contributed by atoms with Crippen molar-refractivity contribution in [3.63, 3.8) is 0 Å². The Labute approximate surface area is 126 Å². The molecule has 0 saturated carbocycles. The molecule has 10 heteroatoms. The molecule has 22 heavy (non-hydrogen) atoms. The van der Waals surface area contributed by atoms with Gasteiger partial charge in [0.2, 0.25) is 5.91 Å². The second-order valence-corrected chi connectivity index (χ2v) is 5.08. The molecule has 0 bridgehead atoms. The summed E-state index contributed by atoms with van der Waals surface area (Å²) in [6.07, 6.45) is -6.84. The standard InChI is InChI=1S/C12H21NO9/c1-5(15)13-8-6(16)3-12(21-2,11(19)20)22-10(8)9(18)7(17)4-14/h6-10,14,16-18H,3-4H2,1-2H3,(H,13,15)(H,19,20)/t6-,7+,8-,9-,10+,12-/m0/s1. The van der Waals surface area contributed by atoms with Crippen molar-refractivity contribution < 1.29 is 44.6 Å². The number of aliphatic carboxylic acids is 1. The molecule has 1 aliphatic heterocycles. The number of carboxylic acid groups (broad SMARTS) is 1. The summed E-state index contributed by atoms with van der Waals surface area (Å²) in [5.74, 6) is -4.33. The van der Waals surface area contributed by atoms with Gasteiger partial charge in [0.15, 0.2) is 0 Å². The Balaban J connectivity index is 3.14. The predicted molar refractivity (Wildman–Crippen MR) is 69.6 cm³/mol. The topological polar surface area (TPSA) is 166 Å². The lowest BCUT2D eigenvalue weighted by Gasteiger charge is -2.46. The largest absolute Gasteiger partial charge is 0.477 e. The number of aliphatic hydroxyl groups is 4. The Morgan fingerprint density at radius 1 is 1.45 bits per heavy atom. The zero-order chi connectivity index (χ0) is 17.1. The van der Waals surface area contributed by atoms with Crippen LogP contribution in [0.2, 0.25) is 0 Å². The van der Waals surface area contributed by atoms with E-state index < -0.39 is 61.1 Å². The molecule has 1 rings (SSSR count). The van der Waals surface area contributed by atoms with Crippen LogP contribution >= 0.6 is 0 Å². The number of carboxylic acids is 1. The van der Waals surface area contributed by atoms with Gasteiger partial charge in [0.25, 0.3) is 5.79 Å². The maximum absolute atomic E-state index is 11.3. The third-order valence-corrected chi connectivity index (χ3v) is 3.52. The van der Waals surface area contributed by atoms with Crippen molar-refractivity contribution in [3.05, 3.63) is 0 Å². The van der Waals surface area contributed by atoms with Crippen LogP contribution in [0.4, 0.5) is 0 Å². The molecule has 0 aromatic rings. The van der Waals surface area contributed by atoms with E-state index >= 15 is 0 Å². The quantitative estimate of drug-likeness (QED) is 0.295. The van der Waals surface area contributed by atoms with Gasteiger partial charge in [-0.25, -0.2) is 4.79 Å². The zero-order valence-corrected chi connectivity index (χ0v) is 12.2. The van der Waals surface area contributed by atoms with E-state index in [1.165, 1.54) is 0 Å². The van der Waals surface area contributed by atoms with Crippen molar-refractivity contribution in [1.82, 2.24) is 5.32 Å². The van der Waals surface area contributed by atoms with Gasteiger partial charge >= 0.3 is 5.97 Å². The minimum absolute atomic E-state index is 0.498. The van der Waals surface area contributed by atoms with Crippen LogP contribution in [0.15, 0.2) is 0 Å². The van der Waals surface area contributed by atoms with Gasteiger partial charge in [-0.2, -0.15) is 0 Å². The van der Waals surface area contributed by atoms with Crippen molar-refractivity contribution >= 4 is 11.9 Å². The molecule has 0 aromatic carbocycles. The van der Waals surface area contributed by atoms with Gasteiger partial charge in [-0.1, -0.05) is 0 Å². The molecule has 128 valence electrons. The number of carbonyl (C=O) groups excluding carboxylic acids is 1. The fraction of sp³-hybridized carbons (Fsp3) is 0.833. The first-order chi connectivity index (χ1) is 10.2. The number of rotatable bonds is 6. The van der Waals surface area contributed by atoms with Crippen LogP contribution in [0.3, 0.4) is 0 Å². The maximum Gasteiger partial charge on any atom is 0.364 e. The highest BCUT2D eigenvalue weighted by Gasteiger charge is 2.55. The number of hydrogen-bond donors (Lipinski definition) is 6. The molecule has 1 fully saturated rings. The molecule has 10 nitrogen and oxygen atoms in total. The average Bonchev–Trinajstić information content (AvgIpc) is 2.46. The fourth-order valence-electron chi connectivity index (χ4n) is 2.34. The first-order valence-electron chi connectivity index (χ1n) is 6.57. The van der Waals surface area contributed by atoms with E-state index in [2.05, 4.69) is 5.32 Å². The van der Waals surface area contributed by atoms with E-state index in [1.54, 1.807) is 0 Å². The monoisotopic (exact) mass is 323 g/mol. The molecule has 1 saturated heterocycles. The lowest BCUT2D eigenvalue weighted by Crippen LogP contribution is -2.67. The van der Waals surface area contributed by atoms with E-state index in [9.17, 15) is 30.0 Å². The van der Waals surface area contributed by atoms with Crippen molar-refractivity contribution in [2.45, 2.75) is 49.6 Å². The van der Waals surface area contributed by atoms with Gasteiger partial charge in [0.1, 0.15) is 18.3 Å². The van der Waals surface area contributed by atoms with Crippen molar-refractivity contribution in [2.24, 2.45) is 0 Å². The predicted octanol–water partition coefficient (Wildman–Crippen LogP) is -3.22. The summed E-state index contributed by atoms with van der Waals surface area (Å²) in [6.45, 7) is 0.338. The normalized spacial score (nSPS) is 34.7. The first kappa shape index (κ1) is 18.7. The highest BCUT2D eigenvalue weighted by Crippen LogP contribution is 2.32. The summed E-state index contributed by atoms with van der Waals surface area (Å²) in [4.78, 5) is 22.6. The summed E-state index contributed by atoms with van der Waals surface area (Å²) in [5.41, 5.74) is 0. The number of methoxy groups -OCH3 is 1. The van der Waals surface area contributed by atoms with Crippen LogP contribution in [0.5, 0.6) is 0 Å². The molecule has 0 aromatic heterocycles. The average molecular weight is 323 g/mol. The molecule has 1 amide bonds. The molecule has 0 aliphatic carbocycles. The third-order valence-electron chi connectivity index (χ3n) is 3.52. The van der Waals surface area contributed by atoms with E-state index in [4.69, 9.17) is 14.6 Å². The van der Waals surface area contributed by atoms with Gasteiger partial charge in [0, 0.05) is 20.5 Å². The summed E-state index contributed by atoms with van der Waals surface area (Å²) in [7, 11) is 1.05. The first-order valence-corrected chi connectivity index (χ1v) is 6.57. The second-order valence-electron chi connectivity index (χ2n) is 5.08. The van der Waals surface area contributed by atoms with Gasteiger partial charge in [-0.05, 0) is 0 Å². The van der Waals surface area contributed by atoms with Gasteiger partial charge in [-0.3, -0.25) is 4.79 Å².